The van der Waals surface area contributed by atoms with Crippen molar-refractivity contribution in [3.05, 3.63) is 0 Å². The maximum atomic E-state index is 10.4. The predicted octanol–water partition coefficient (Wildman–Crippen LogP) is 0.732. The van der Waals surface area contributed by atoms with Crippen LogP contribution in [0.25, 0.3) is 0 Å². The fraction of sp³-hybridized carbons (Fsp3) is 0.667. The van der Waals surface area contributed by atoms with Crippen LogP contribution in [0.1, 0.15) is 19.8 Å². The van der Waals surface area contributed by atoms with E-state index in [1.807, 2.05) is 0 Å². The molecule has 1 saturated heterocycles. The lowest BCUT2D eigenvalue weighted by Gasteiger charge is -2.04. The average Bonchev–Trinajstić information content (AvgIpc) is 2.49. The van der Waals surface area contributed by atoms with Gasteiger partial charge >= 0.3 is 0 Å². The van der Waals surface area contributed by atoms with Gasteiger partial charge in [0.15, 0.2) is 6.29 Å². The van der Waals surface area contributed by atoms with Crippen LogP contribution in [-0.2, 0) is 14.3 Å². The first kappa shape index (κ1) is 9.24. The van der Waals surface area contributed by atoms with Crippen molar-refractivity contribution >= 4 is 5.78 Å². The summed E-state index contributed by atoms with van der Waals surface area (Å²) in [5, 5.41) is 0. The van der Waals surface area contributed by atoms with Crippen molar-refractivity contribution in [3.8, 4) is 11.8 Å². The summed E-state index contributed by atoms with van der Waals surface area (Å²) in [5.74, 6) is 5.13. The minimum atomic E-state index is -0.105. The predicted molar refractivity (Wildman–Crippen MR) is 43.4 cm³/mol. The lowest BCUT2D eigenvalue weighted by Crippen LogP contribution is -2.06. The fourth-order valence-electron chi connectivity index (χ4n) is 0.951. The monoisotopic (exact) mass is 168 g/mol. The van der Waals surface area contributed by atoms with Crippen LogP contribution in [-0.4, -0.2) is 25.3 Å². The quantitative estimate of drug-likeness (QED) is 0.450. The van der Waals surface area contributed by atoms with Gasteiger partial charge in [0.1, 0.15) is 0 Å². The Morgan fingerprint density at radius 2 is 2.17 bits per heavy atom. The molecule has 0 aromatic heterocycles. The molecule has 0 aromatic rings. The van der Waals surface area contributed by atoms with Crippen molar-refractivity contribution in [2.45, 2.75) is 26.1 Å². The van der Waals surface area contributed by atoms with Gasteiger partial charge in [-0.05, 0) is 5.92 Å². The zero-order chi connectivity index (χ0) is 8.81. The van der Waals surface area contributed by atoms with E-state index >= 15 is 0 Å². The van der Waals surface area contributed by atoms with Gasteiger partial charge in [-0.15, -0.1) is 0 Å². The summed E-state index contributed by atoms with van der Waals surface area (Å²) in [7, 11) is 0. The van der Waals surface area contributed by atoms with E-state index in [0.29, 0.717) is 19.6 Å². The van der Waals surface area contributed by atoms with E-state index in [1.165, 1.54) is 6.92 Å². The molecule has 12 heavy (non-hydrogen) atoms. The molecule has 1 fully saturated rings. The van der Waals surface area contributed by atoms with Gasteiger partial charge < -0.3 is 9.47 Å². The zero-order valence-corrected chi connectivity index (χ0v) is 7.13. The third kappa shape index (κ3) is 3.51. The van der Waals surface area contributed by atoms with Crippen molar-refractivity contribution in [1.82, 2.24) is 0 Å². The number of ether oxygens (including phenoxy) is 2. The summed E-state index contributed by atoms with van der Waals surface area (Å²) in [6, 6.07) is 0. The minimum absolute atomic E-state index is 0.0942. The normalized spacial score (nSPS) is 17.1. The fourth-order valence-corrected chi connectivity index (χ4v) is 0.951. The van der Waals surface area contributed by atoms with Crippen LogP contribution >= 0.6 is 0 Å². The highest BCUT2D eigenvalue weighted by atomic mass is 16.7. The van der Waals surface area contributed by atoms with E-state index < -0.39 is 0 Å². The van der Waals surface area contributed by atoms with Crippen LogP contribution < -0.4 is 0 Å². The SMILES string of the molecule is CC(=O)C#CCCC1OCCO1. The van der Waals surface area contributed by atoms with E-state index in [9.17, 15) is 4.79 Å². The van der Waals surface area contributed by atoms with Crippen LogP contribution in [0.4, 0.5) is 0 Å². The van der Waals surface area contributed by atoms with Gasteiger partial charge in [0.2, 0.25) is 5.78 Å². The number of hydrogen-bond donors (Lipinski definition) is 0. The Hall–Kier alpha value is -0.850. The molecule has 1 heterocycles. The Bertz CT molecular complexity index is 206. The largest absolute Gasteiger partial charge is 0.350 e. The molecular formula is C9H12O3. The molecule has 0 spiro atoms. The van der Waals surface area contributed by atoms with Gasteiger partial charge in [0.25, 0.3) is 0 Å². The summed E-state index contributed by atoms with van der Waals surface area (Å²) in [4.78, 5) is 10.4. The molecule has 1 aliphatic heterocycles. The molecule has 0 atom stereocenters. The van der Waals surface area contributed by atoms with Crippen molar-refractivity contribution in [1.29, 1.82) is 0 Å². The number of ketones is 1. The van der Waals surface area contributed by atoms with E-state index in [0.717, 1.165) is 6.42 Å². The number of carbonyl (C=O) groups excluding carboxylic acids is 1. The Kier molecular flexibility index (Phi) is 3.78. The summed E-state index contributed by atoms with van der Waals surface area (Å²) >= 11 is 0. The molecule has 3 heteroatoms. The summed E-state index contributed by atoms with van der Waals surface area (Å²) in [6.45, 7) is 2.80. The molecule has 0 aliphatic carbocycles. The molecule has 0 radical (unpaired) electrons. The van der Waals surface area contributed by atoms with Gasteiger partial charge in [-0.3, -0.25) is 4.79 Å². The van der Waals surface area contributed by atoms with Crippen molar-refractivity contribution in [3.63, 3.8) is 0 Å². The number of rotatable bonds is 2. The van der Waals surface area contributed by atoms with Crippen LogP contribution in [0.15, 0.2) is 0 Å². The van der Waals surface area contributed by atoms with Gasteiger partial charge in [-0.2, -0.15) is 0 Å². The summed E-state index contributed by atoms with van der Waals surface area (Å²) in [6.07, 6.45) is 1.30. The molecule has 66 valence electrons. The third-order valence-corrected chi connectivity index (χ3v) is 1.46. The Morgan fingerprint density at radius 1 is 1.50 bits per heavy atom. The van der Waals surface area contributed by atoms with Gasteiger partial charge in [-0.25, -0.2) is 0 Å². The Morgan fingerprint density at radius 3 is 2.75 bits per heavy atom. The highest BCUT2D eigenvalue weighted by Gasteiger charge is 2.13. The molecule has 3 nitrogen and oxygen atoms in total. The smallest absolute Gasteiger partial charge is 0.202 e. The van der Waals surface area contributed by atoms with Crippen LogP contribution in [0.3, 0.4) is 0 Å². The van der Waals surface area contributed by atoms with E-state index in [1.54, 1.807) is 0 Å². The number of carbonyl (C=O) groups is 1. The second-order valence-electron chi connectivity index (χ2n) is 2.57. The second-order valence-corrected chi connectivity index (χ2v) is 2.57. The molecule has 0 N–H and O–H groups in total. The molecule has 0 amide bonds. The van der Waals surface area contributed by atoms with Gasteiger partial charge in [-0.1, -0.05) is 5.92 Å². The third-order valence-electron chi connectivity index (χ3n) is 1.46. The first-order valence-electron chi connectivity index (χ1n) is 4.01. The standard InChI is InChI=1S/C9H12O3/c1-8(10)4-2-3-5-9-11-6-7-12-9/h9H,3,5-7H2,1H3. The van der Waals surface area contributed by atoms with Crippen molar-refractivity contribution < 1.29 is 14.3 Å². The van der Waals surface area contributed by atoms with Gasteiger partial charge in [0.05, 0.1) is 13.2 Å². The maximum Gasteiger partial charge on any atom is 0.202 e. The number of hydrogen-bond acceptors (Lipinski definition) is 3. The Labute approximate surface area is 72.0 Å². The average molecular weight is 168 g/mol. The van der Waals surface area contributed by atoms with Crippen LogP contribution in [0, 0.1) is 11.8 Å². The highest BCUT2D eigenvalue weighted by molar-refractivity contribution is 5.93. The first-order valence-corrected chi connectivity index (χ1v) is 4.01. The molecular weight excluding hydrogens is 156 g/mol. The lowest BCUT2D eigenvalue weighted by molar-refractivity contribution is -0.111. The molecule has 1 rings (SSSR count). The van der Waals surface area contributed by atoms with Gasteiger partial charge in [0, 0.05) is 19.8 Å². The lowest BCUT2D eigenvalue weighted by atomic mass is 10.3. The summed E-state index contributed by atoms with van der Waals surface area (Å²) < 4.78 is 10.4. The van der Waals surface area contributed by atoms with E-state index in [4.69, 9.17) is 9.47 Å². The molecule has 1 aliphatic rings. The highest BCUT2D eigenvalue weighted by Crippen LogP contribution is 2.08. The Balaban J connectivity index is 2.10. The molecule has 0 unspecified atom stereocenters. The first-order chi connectivity index (χ1) is 5.79. The van der Waals surface area contributed by atoms with Crippen molar-refractivity contribution in [2.24, 2.45) is 0 Å². The van der Waals surface area contributed by atoms with Crippen molar-refractivity contribution in [2.75, 3.05) is 13.2 Å². The van der Waals surface area contributed by atoms with E-state index in [-0.39, 0.29) is 12.1 Å². The van der Waals surface area contributed by atoms with Crippen LogP contribution in [0.5, 0.6) is 0 Å². The maximum absolute atomic E-state index is 10.4. The molecule has 0 bridgehead atoms. The van der Waals surface area contributed by atoms with E-state index in [2.05, 4.69) is 11.8 Å². The molecule has 0 saturated carbocycles. The second kappa shape index (κ2) is 4.91. The minimum Gasteiger partial charge on any atom is -0.350 e. The summed E-state index contributed by atoms with van der Waals surface area (Å²) in [5.41, 5.74) is 0. The number of Topliss-reactive ketones (excluding diaryl/α,β-unsaturated/α-hetero) is 1. The molecule has 0 aromatic carbocycles. The topological polar surface area (TPSA) is 35.5 Å². The zero-order valence-electron chi connectivity index (χ0n) is 7.13. The van der Waals surface area contributed by atoms with Crippen LogP contribution in [0.2, 0.25) is 0 Å².